The van der Waals surface area contributed by atoms with Crippen LogP contribution in [0.1, 0.15) is 10.4 Å². The van der Waals surface area contributed by atoms with E-state index in [1.165, 1.54) is 12.1 Å². The number of halogens is 2. The van der Waals surface area contributed by atoms with Crippen molar-refractivity contribution >= 4 is 40.5 Å². The highest BCUT2D eigenvalue weighted by Crippen LogP contribution is 2.38. The minimum absolute atomic E-state index is 0.135. The molecule has 1 aliphatic rings. The standard InChI is InChI=1S/C14H10Cl2N2O3/c15-8-1-7(2-9(16)3-8)14(19)18-11-5-13-12(4-10(11)17)20-6-21-13/h1-5H,6,17H2,(H,18,19). The normalized spacial score (nSPS) is 12.3. The predicted octanol–water partition coefficient (Wildman–Crippen LogP) is 3.56. The Kier molecular flexibility index (Phi) is 3.53. The molecule has 0 aromatic heterocycles. The Morgan fingerprint density at radius 2 is 1.67 bits per heavy atom. The quantitative estimate of drug-likeness (QED) is 0.828. The first kappa shape index (κ1) is 13.9. The van der Waals surface area contributed by atoms with Crippen molar-refractivity contribution in [3.8, 4) is 11.5 Å². The Morgan fingerprint density at radius 1 is 1.05 bits per heavy atom. The van der Waals surface area contributed by atoms with E-state index in [0.29, 0.717) is 38.5 Å². The van der Waals surface area contributed by atoms with Crippen molar-refractivity contribution in [2.45, 2.75) is 0 Å². The Morgan fingerprint density at radius 3 is 2.33 bits per heavy atom. The third kappa shape index (κ3) is 2.84. The summed E-state index contributed by atoms with van der Waals surface area (Å²) in [5.41, 5.74) is 7.02. The Labute approximate surface area is 130 Å². The van der Waals surface area contributed by atoms with Gasteiger partial charge in [0.1, 0.15) is 0 Å². The van der Waals surface area contributed by atoms with Crippen LogP contribution in [0, 0.1) is 0 Å². The van der Waals surface area contributed by atoms with Gasteiger partial charge < -0.3 is 20.5 Å². The number of hydrogen-bond donors (Lipinski definition) is 2. The lowest BCUT2D eigenvalue weighted by atomic mass is 10.2. The molecule has 2 aromatic rings. The van der Waals surface area contributed by atoms with Gasteiger partial charge in [-0.3, -0.25) is 4.79 Å². The van der Waals surface area contributed by atoms with Crippen molar-refractivity contribution in [1.82, 2.24) is 0 Å². The predicted molar refractivity (Wildman–Crippen MR) is 81.4 cm³/mol. The number of carbonyl (C=O) groups excluding carboxylic acids is 1. The molecule has 0 radical (unpaired) electrons. The molecule has 0 aliphatic carbocycles. The summed E-state index contributed by atoms with van der Waals surface area (Å²) in [6.07, 6.45) is 0. The zero-order valence-electron chi connectivity index (χ0n) is 10.7. The molecular weight excluding hydrogens is 315 g/mol. The van der Waals surface area contributed by atoms with Gasteiger partial charge in [0.25, 0.3) is 5.91 Å². The van der Waals surface area contributed by atoms with E-state index in [9.17, 15) is 4.79 Å². The van der Waals surface area contributed by atoms with Crippen LogP contribution in [0.2, 0.25) is 10.0 Å². The van der Waals surface area contributed by atoms with Gasteiger partial charge in [-0.15, -0.1) is 0 Å². The van der Waals surface area contributed by atoms with Crippen LogP contribution in [0.3, 0.4) is 0 Å². The topological polar surface area (TPSA) is 73.6 Å². The average molecular weight is 325 g/mol. The highest BCUT2D eigenvalue weighted by Gasteiger charge is 2.18. The zero-order chi connectivity index (χ0) is 15.0. The van der Waals surface area contributed by atoms with E-state index >= 15 is 0 Å². The maximum Gasteiger partial charge on any atom is 0.255 e. The van der Waals surface area contributed by atoms with Gasteiger partial charge in [0.2, 0.25) is 6.79 Å². The van der Waals surface area contributed by atoms with E-state index in [2.05, 4.69) is 5.32 Å². The first-order chi connectivity index (χ1) is 10.0. The number of fused-ring (bicyclic) bond motifs is 1. The van der Waals surface area contributed by atoms with Gasteiger partial charge in [-0.2, -0.15) is 0 Å². The lowest BCUT2D eigenvalue weighted by Crippen LogP contribution is -2.13. The Hall–Kier alpha value is -2.11. The first-order valence-electron chi connectivity index (χ1n) is 5.99. The number of nitrogens with one attached hydrogen (secondary N) is 1. The molecule has 21 heavy (non-hydrogen) atoms. The first-order valence-corrected chi connectivity index (χ1v) is 6.75. The maximum atomic E-state index is 12.2. The van der Waals surface area contributed by atoms with Crippen LogP contribution < -0.4 is 20.5 Å². The molecule has 0 atom stereocenters. The number of benzene rings is 2. The summed E-state index contributed by atoms with van der Waals surface area (Å²) in [6, 6.07) is 7.80. The van der Waals surface area contributed by atoms with Gasteiger partial charge in [0.05, 0.1) is 11.4 Å². The molecule has 5 nitrogen and oxygen atoms in total. The zero-order valence-corrected chi connectivity index (χ0v) is 12.2. The second-order valence-electron chi connectivity index (χ2n) is 4.40. The molecule has 1 aliphatic heterocycles. The van der Waals surface area contributed by atoms with Gasteiger partial charge in [-0.05, 0) is 18.2 Å². The number of anilines is 2. The maximum absolute atomic E-state index is 12.2. The summed E-state index contributed by atoms with van der Waals surface area (Å²) in [4.78, 5) is 12.2. The van der Waals surface area contributed by atoms with Crippen LogP contribution in [0.25, 0.3) is 0 Å². The minimum atomic E-state index is -0.370. The summed E-state index contributed by atoms with van der Waals surface area (Å²) in [7, 11) is 0. The van der Waals surface area contributed by atoms with Crippen LogP contribution in [0.5, 0.6) is 11.5 Å². The molecule has 0 bridgehead atoms. The van der Waals surface area contributed by atoms with Gasteiger partial charge >= 0.3 is 0 Å². The molecule has 0 saturated carbocycles. The number of carbonyl (C=O) groups is 1. The van der Waals surface area contributed by atoms with E-state index < -0.39 is 0 Å². The summed E-state index contributed by atoms with van der Waals surface area (Å²) >= 11 is 11.8. The molecule has 1 amide bonds. The van der Waals surface area contributed by atoms with Crippen molar-refractivity contribution in [3.63, 3.8) is 0 Å². The second-order valence-corrected chi connectivity index (χ2v) is 5.28. The largest absolute Gasteiger partial charge is 0.454 e. The SMILES string of the molecule is Nc1cc2c(cc1NC(=O)c1cc(Cl)cc(Cl)c1)OCO2. The van der Waals surface area contributed by atoms with Gasteiger partial charge in [0.15, 0.2) is 11.5 Å². The molecule has 2 aromatic carbocycles. The average Bonchev–Trinajstić information content (AvgIpc) is 2.85. The smallest absolute Gasteiger partial charge is 0.255 e. The number of hydrogen-bond acceptors (Lipinski definition) is 4. The molecule has 0 unspecified atom stereocenters. The highest BCUT2D eigenvalue weighted by atomic mass is 35.5. The molecule has 0 spiro atoms. The fraction of sp³-hybridized carbons (Fsp3) is 0.0714. The molecule has 3 rings (SSSR count). The molecule has 7 heteroatoms. The summed E-state index contributed by atoms with van der Waals surface area (Å²) in [6.45, 7) is 0.135. The highest BCUT2D eigenvalue weighted by molar-refractivity contribution is 6.35. The van der Waals surface area contributed by atoms with Crippen molar-refractivity contribution < 1.29 is 14.3 Å². The number of rotatable bonds is 2. The van der Waals surface area contributed by atoms with Crippen LogP contribution in [-0.2, 0) is 0 Å². The molecule has 0 fully saturated rings. The van der Waals surface area contributed by atoms with Gasteiger partial charge in [0, 0.05) is 27.7 Å². The molecule has 3 N–H and O–H groups in total. The van der Waals surface area contributed by atoms with E-state index in [4.69, 9.17) is 38.4 Å². The molecule has 0 saturated heterocycles. The van der Waals surface area contributed by atoms with E-state index in [0.717, 1.165) is 0 Å². The summed E-state index contributed by atoms with van der Waals surface area (Å²) in [5.74, 6) is 0.713. The fourth-order valence-corrected chi connectivity index (χ4v) is 2.47. The second kappa shape index (κ2) is 5.35. The van der Waals surface area contributed by atoms with E-state index in [1.807, 2.05) is 0 Å². The van der Waals surface area contributed by atoms with Crippen molar-refractivity contribution in [1.29, 1.82) is 0 Å². The molecule has 1 heterocycles. The summed E-state index contributed by atoms with van der Waals surface area (Å²) in [5, 5.41) is 3.46. The lowest BCUT2D eigenvalue weighted by molar-refractivity contribution is 0.102. The van der Waals surface area contributed by atoms with Crippen LogP contribution in [-0.4, -0.2) is 12.7 Å². The number of ether oxygens (including phenoxy) is 2. The molecule has 108 valence electrons. The summed E-state index contributed by atoms with van der Waals surface area (Å²) < 4.78 is 10.5. The fourth-order valence-electron chi connectivity index (χ4n) is 1.95. The van der Waals surface area contributed by atoms with Crippen molar-refractivity contribution in [2.24, 2.45) is 0 Å². The van der Waals surface area contributed by atoms with Gasteiger partial charge in [-0.25, -0.2) is 0 Å². The Bertz CT molecular complexity index is 714. The Balaban J connectivity index is 1.88. The third-order valence-electron chi connectivity index (χ3n) is 2.92. The van der Waals surface area contributed by atoms with Crippen LogP contribution >= 0.6 is 23.2 Å². The number of nitrogen functional groups attached to an aromatic ring is 1. The van der Waals surface area contributed by atoms with Crippen LogP contribution in [0.15, 0.2) is 30.3 Å². The van der Waals surface area contributed by atoms with E-state index in [1.54, 1.807) is 18.2 Å². The van der Waals surface area contributed by atoms with Gasteiger partial charge in [-0.1, -0.05) is 23.2 Å². The van der Waals surface area contributed by atoms with Crippen molar-refractivity contribution in [3.05, 3.63) is 45.9 Å². The third-order valence-corrected chi connectivity index (χ3v) is 3.35. The van der Waals surface area contributed by atoms with E-state index in [-0.39, 0.29) is 12.7 Å². The minimum Gasteiger partial charge on any atom is -0.454 e. The number of amides is 1. The molecular formula is C14H10Cl2N2O3. The van der Waals surface area contributed by atoms with Crippen molar-refractivity contribution in [2.75, 3.05) is 17.8 Å². The lowest BCUT2D eigenvalue weighted by Gasteiger charge is -2.10. The monoisotopic (exact) mass is 324 g/mol. The number of nitrogens with two attached hydrogens (primary N) is 1. The van der Waals surface area contributed by atoms with Crippen LogP contribution in [0.4, 0.5) is 11.4 Å².